The predicted octanol–water partition coefficient (Wildman–Crippen LogP) is 2.32. The van der Waals surface area contributed by atoms with Crippen molar-refractivity contribution in [3.63, 3.8) is 0 Å². The topological polar surface area (TPSA) is 107 Å². The lowest BCUT2D eigenvalue weighted by molar-refractivity contribution is -0.172. The van der Waals surface area contributed by atoms with Gasteiger partial charge in [-0.2, -0.15) is 0 Å². The molecule has 142 valence electrons. The lowest BCUT2D eigenvalue weighted by Gasteiger charge is -2.31. The van der Waals surface area contributed by atoms with Gasteiger partial charge in [0.05, 0.1) is 34.0 Å². The summed E-state index contributed by atoms with van der Waals surface area (Å²) >= 11 is 6.30. The lowest BCUT2D eigenvalue weighted by Crippen LogP contribution is -2.44. The number of nitrogens with two attached hydrogens (primary N) is 1. The normalized spacial score (nSPS) is 19.9. The standard InChI is InChI=1S/C20H16ClN3O4/c1-2-20(27)12-6-15-16-9(5-10-14(22)4-3-13(21)17(10)23-16)7-24(15)18(25)11(12)8-28-19(20)26/h3-6,27H,2,7-8,22H2,1H3. The number of carbonyl (C=O) groups is 1. The zero-order valence-corrected chi connectivity index (χ0v) is 15.7. The molecule has 2 aliphatic heterocycles. The summed E-state index contributed by atoms with van der Waals surface area (Å²) < 4.78 is 6.65. The predicted molar refractivity (Wildman–Crippen MR) is 104 cm³/mol. The maximum Gasteiger partial charge on any atom is 0.343 e. The summed E-state index contributed by atoms with van der Waals surface area (Å²) in [6.07, 6.45) is 0.0993. The summed E-state index contributed by atoms with van der Waals surface area (Å²) in [7, 11) is 0. The third-order valence-electron chi connectivity index (χ3n) is 5.66. The van der Waals surface area contributed by atoms with E-state index in [0.29, 0.717) is 39.7 Å². The van der Waals surface area contributed by atoms with Gasteiger partial charge in [-0.3, -0.25) is 4.79 Å². The SMILES string of the molecule is CCC1(O)C(=O)OCc2c1cc1n(c2=O)Cc2cc3c(N)ccc(Cl)c3nc2-1. The van der Waals surface area contributed by atoms with Gasteiger partial charge in [0, 0.05) is 22.2 Å². The van der Waals surface area contributed by atoms with Crippen molar-refractivity contribution in [2.75, 3.05) is 5.73 Å². The summed E-state index contributed by atoms with van der Waals surface area (Å²) in [5.41, 5.74) is 7.57. The minimum atomic E-state index is -1.84. The van der Waals surface area contributed by atoms with E-state index in [1.165, 1.54) is 0 Å². The molecule has 0 spiro atoms. The van der Waals surface area contributed by atoms with Crippen molar-refractivity contribution >= 4 is 34.2 Å². The number of hydrogen-bond donors (Lipinski definition) is 2. The number of benzene rings is 1. The van der Waals surface area contributed by atoms with E-state index in [-0.39, 0.29) is 24.2 Å². The van der Waals surface area contributed by atoms with Gasteiger partial charge in [0.25, 0.3) is 5.56 Å². The number of cyclic esters (lactones) is 1. The number of nitrogens with zero attached hydrogens (tertiary/aromatic N) is 2. The molecular formula is C20H16ClN3O4. The summed E-state index contributed by atoms with van der Waals surface area (Å²) in [4.78, 5) is 30.0. The van der Waals surface area contributed by atoms with Crippen molar-refractivity contribution in [1.29, 1.82) is 0 Å². The number of esters is 1. The van der Waals surface area contributed by atoms with E-state index in [2.05, 4.69) is 4.98 Å². The van der Waals surface area contributed by atoms with Crippen LogP contribution in [-0.4, -0.2) is 20.6 Å². The molecule has 0 fully saturated rings. The Balaban J connectivity index is 1.83. The van der Waals surface area contributed by atoms with Gasteiger partial charge in [-0.05, 0) is 30.7 Å². The van der Waals surface area contributed by atoms with Crippen molar-refractivity contribution in [3.8, 4) is 11.4 Å². The van der Waals surface area contributed by atoms with Crippen molar-refractivity contribution < 1.29 is 14.6 Å². The molecule has 0 aliphatic carbocycles. The minimum absolute atomic E-state index is 0.0993. The van der Waals surface area contributed by atoms with Crippen LogP contribution in [0.4, 0.5) is 5.69 Å². The number of hydrogen-bond acceptors (Lipinski definition) is 6. The Hall–Kier alpha value is -2.90. The molecule has 3 N–H and O–H groups in total. The van der Waals surface area contributed by atoms with Gasteiger partial charge in [0.2, 0.25) is 0 Å². The van der Waals surface area contributed by atoms with Crippen LogP contribution in [0.5, 0.6) is 0 Å². The van der Waals surface area contributed by atoms with Crippen LogP contribution in [0.15, 0.2) is 29.1 Å². The number of aromatic nitrogens is 2. The largest absolute Gasteiger partial charge is 0.458 e. The Morgan fingerprint density at radius 2 is 2.14 bits per heavy atom. The van der Waals surface area contributed by atoms with Crippen LogP contribution < -0.4 is 11.3 Å². The van der Waals surface area contributed by atoms with Crippen molar-refractivity contribution in [2.24, 2.45) is 0 Å². The number of halogens is 1. The molecule has 1 aromatic carbocycles. The Morgan fingerprint density at radius 3 is 2.89 bits per heavy atom. The van der Waals surface area contributed by atoms with Crippen LogP contribution in [-0.2, 0) is 28.3 Å². The van der Waals surface area contributed by atoms with Crippen LogP contribution in [0.3, 0.4) is 0 Å². The molecule has 8 heteroatoms. The number of pyridine rings is 2. The number of fused-ring (bicyclic) bond motifs is 5. The number of rotatable bonds is 1. The van der Waals surface area contributed by atoms with Gasteiger partial charge < -0.3 is 20.1 Å². The van der Waals surface area contributed by atoms with Crippen molar-refractivity contribution in [3.05, 3.63) is 56.3 Å². The monoisotopic (exact) mass is 397 g/mol. The Morgan fingerprint density at radius 1 is 1.36 bits per heavy atom. The highest BCUT2D eigenvalue weighted by Crippen LogP contribution is 2.39. The summed E-state index contributed by atoms with van der Waals surface area (Å²) in [6, 6.07) is 6.96. The highest BCUT2D eigenvalue weighted by molar-refractivity contribution is 6.35. The zero-order valence-electron chi connectivity index (χ0n) is 15.0. The number of aliphatic hydroxyl groups is 1. The van der Waals surface area contributed by atoms with E-state index >= 15 is 0 Å². The molecule has 0 saturated carbocycles. The van der Waals surface area contributed by atoms with Gasteiger partial charge in [0.15, 0.2) is 5.60 Å². The molecule has 0 radical (unpaired) electrons. The van der Waals surface area contributed by atoms with E-state index in [1.54, 1.807) is 29.7 Å². The third-order valence-corrected chi connectivity index (χ3v) is 5.97. The molecule has 0 bridgehead atoms. The van der Waals surface area contributed by atoms with Crippen LogP contribution in [0.1, 0.15) is 30.0 Å². The second kappa shape index (κ2) is 5.56. The summed E-state index contributed by atoms with van der Waals surface area (Å²) in [6.45, 7) is 1.84. The quantitative estimate of drug-likeness (QED) is 0.377. The van der Waals surface area contributed by atoms with E-state index in [1.807, 2.05) is 6.07 Å². The molecule has 3 aromatic rings. The second-order valence-electron chi connectivity index (χ2n) is 7.13. The molecule has 2 aromatic heterocycles. The Labute approximate surface area is 164 Å². The molecule has 1 unspecified atom stereocenters. The van der Waals surface area contributed by atoms with Crippen molar-refractivity contribution in [1.82, 2.24) is 9.55 Å². The summed E-state index contributed by atoms with van der Waals surface area (Å²) in [5.74, 6) is -0.743. The van der Waals surface area contributed by atoms with Gasteiger partial charge in [-0.25, -0.2) is 9.78 Å². The number of anilines is 1. The average Bonchev–Trinajstić information content (AvgIpc) is 3.05. The van der Waals surface area contributed by atoms with Crippen LogP contribution >= 0.6 is 11.6 Å². The minimum Gasteiger partial charge on any atom is -0.458 e. The van der Waals surface area contributed by atoms with Crippen molar-refractivity contribution in [2.45, 2.75) is 32.1 Å². The molecule has 2 aliphatic rings. The fourth-order valence-corrected chi connectivity index (χ4v) is 4.26. The molecule has 4 heterocycles. The molecule has 0 amide bonds. The van der Waals surface area contributed by atoms with E-state index in [9.17, 15) is 14.7 Å². The lowest BCUT2D eigenvalue weighted by atomic mass is 9.86. The Bertz CT molecular complexity index is 1270. The van der Waals surface area contributed by atoms with E-state index in [0.717, 1.165) is 10.9 Å². The van der Waals surface area contributed by atoms with Crippen LogP contribution in [0.25, 0.3) is 22.3 Å². The zero-order chi connectivity index (χ0) is 19.8. The Kier molecular flexibility index (Phi) is 3.42. The highest BCUT2D eigenvalue weighted by atomic mass is 35.5. The van der Waals surface area contributed by atoms with Crippen LogP contribution in [0.2, 0.25) is 5.02 Å². The fourth-order valence-electron chi connectivity index (χ4n) is 4.05. The van der Waals surface area contributed by atoms with E-state index < -0.39 is 11.6 Å². The number of ether oxygens (including phenoxy) is 1. The van der Waals surface area contributed by atoms with Gasteiger partial charge in [-0.15, -0.1) is 0 Å². The first-order valence-electron chi connectivity index (χ1n) is 8.90. The molecule has 28 heavy (non-hydrogen) atoms. The molecule has 0 saturated heterocycles. The number of carbonyl (C=O) groups excluding carboxylic acids is 1. The van der Waals surface area contributed by atoms with E-state index in [4.69, 9.17) is 22.1 Å². The highest BCUT2D eigenvalue weighted by Gasteiger charge is 2.45. The molecular weight excluding hydrogens is 382 g/mol. The fraction of sp³-hybridized carbons (Fsp3) is 0.250. The number of nitrogen functional groups attached to an aromatic ring is 1. The third kappa shape index (κ3) is 2.05. The smallest absolute Gasteiger partial charge is 0.343 e. The molecule has 5 rings (SSSR count). The maximum absolute atomic E-state index is 13.1. The summed E-state index contributed by atoms with van der Waals surface area (Å²) in [5, 5.41) is 12.1. The molecule has 1 atom stereocenters. The van der Waals surface area contributed by atoms with Gasteiger partial charge >= 0.3 is 5.97 Å². The second-order valence-corrected chi connectivity index (χ2v) is 7.54. The van der Waals surface area contributed by atoms with Gasteiger partial charge in [-0.1, -0.05) is 18.5 Å². The first kappa shape index (κ1) is 17.2. The van der Waals surface area contributed by atoms with Gasteiger partial charge in [0.1, 0.15) is 6.61 Å². The first-order valence-corrected chi connectivity index (χ1v) is 9.27. The first-order chi connectivity index (χ1) is 13.3. The average molecular weight is 398 g/mol. The maximum atomic E-state index is 13.1. The van der Waals surface area contributed by atoms with Crippen LogP contribution in [0, 0.1) is 0 Å². The molecule has 7 nitrogen and oxygen atoms in total.